The first-order valence-electron chi connectivity index (χ1n) is 8.28. The molecule has 4 nitrogen and oxygen atoms in total. The molecule has 1 aliphatic heterocycles. The van der Waals surface area contributed by atoms with Gasteiger partial charge in [-0.1, -0.05) is 13.0 Å². The first kappa shape index (κ1) is 16.0. The number of thiocarbonyl (C=S) groups is 1. The molecule has 23 heavy (non-hydrogen) atoms. The van der Waals surface area contributed by atoms with Gasteiger partial charge in [-0.05, 0) is 56.8 Å². The maximum atomic E-state index is 5.62. The fourth-order valence-corrected chi connectivity index (χ4v) is 3.67. The third-order valence-corrected chi connectivity index (χ3v) is 4.69. The summed E-state index contributed by atoms with van der Waals surface area (Å²) in [6.07, 6.45) is 5.07. The Balaban J connectivity index is 2.05. The molecule has 3 heterocycles. The van der Waals surface area contributed by atoms with Gasteiger partial charge in [-0.25, -0.2) is 0 Å². The van der Waals surface area contributed by atoms with Gasteiger partial charge in [0.25, 0.3) is 0 Å². The molecule has 1 aliphatic rings. The fourth-order valence-electron chi connectivity index (χ4n) is 3.34. The average molecular weight is 328 g/mol. The van der Waals surface area contributed by atoms with E-state index >= 15 is 0 Å². The zero-order valence-corrected chi connectivity index (χ0v) is 14.8. The molecule has 0 aliphatic carbocycles. The molecule has 5 heteroatoms. The van der Waals surface area contributed by atoms with E-state index in [4.69, 9.17) is 12.2 Å². The molecule has 2 aromatic heterocycles. The van der Waals surface area contributed by atoms with Gasteiger partial charge in [-0.15, -0.1) is 0 Å². The zero-order chi connectivity index (χ0) is 16.4. The summed E-state index contributed by atoms with van der Waals surface area (Å²) in [5.74, 6) is 0. The van der Waals surface area contributed by atoms with Crippen molar-refractivity contribution >= 4 is 17.3 Å². The summed E-state index contributed by atoms with van der Waals surface area (Å²) in [7, 11) is 0. The summed E-state index contributed by atoms with van der Waals surface area (Å²) >= 11 is 5.62. The first-order chi connectivity index (χ1) is 11.1. The van der Waals surface area contributed by atoms with Crippen LogP contribution in [0.15, 0.2) is 42.7 Å². The predicted octanol–water partition coefficient (Wildman–Crippen LogP) is 3.85. The molecule has 0 aromatic carbocycles. The minimum absolute atomic E-state index is 0.0858. The topological polar surface area (TPSA) is 33.1 Å². The van der Waals surface area contributed by atoms with Crippen LogP contribution in [0.2, 0.25) is 0 Å². The molecule has 0 radical (unpaired) electrons. The molecule has 2 atom stereocenters. The molecule has 122 valence electrons. The molecule has 2 aromatic rings. The van der Waals surface area contributed by atoms with Crippen molar-refractivity contribution in [1.82, 2.24) is 19.8 Å². The molecule has 1 fully saturated rings. The molecule has 2 unspecified atom stereocenters. The Hall–Kier alpha value is -1.88. The van der Waals surface area contributed by atoms with Crippen LogP contribution in [-0.2, 0) is 0 Å². The molecule has 0 saturated carbocycles. The quantitative estimate of drug-likeness (QED) is 0.845. The first-order valence-corrected chi connectivity index (χ1v) is 8.69. The maximum Gasteiger partial charge on any atom is 0.170 e. The van der Waals surface area contributed by atoms with E-state index in [0.717, 1.165) is 23.8 Å². The van der Waals surface area contributed by atoms with E-state index in [1.54, 1.807) is 0 Å². The Labute approximate surface area is 143 Å². The van der Waals surface area contributed by atoms with E-state index < -0.39 is 0 Å². The van der Waals surface area contributed by atoms with Gasteiger partial charge in [0.15, 0.2) is 5.11 Å². The largest absolute Gasteiger partial charge is 0.352 e. The van der Waals surface area contributed by atoms with Crippen LogP contribution in [0.5, 0.6) is 0 Å². The number of aromatic nitrogens is 2. The van der Waals surface area contributed by atoms with Crippen LogP contribution in [0, 0.1) is 0 Å². The lowest BCUT2D eigenvalue weighted by atomic mass is 10.0. The van der Waals surface area contributed by atoms with Crippen molar-refractivity contribution < 1.29 is 0 Å². The summed E-state index contributed by atoms with van der Waals surface area (Å²) in [4.78, 5) is 6.87. The highest BCUT2D eigenvalue weighted by atomic mass is 32.1. The van der Waals surface area contributed by atoms with Crippen LogP contribution in [0.1, 0.15) is 56.7 Å². The average Bonchev–Trinajstić information content (AvgIpc) is 3.14. The van der Waals surface area contributed by atoms with E-state index in [1.807, 2.05) is 18.3 Å². The van der Waals surface area contributed by atoms with Gasteiger partial charge in [0.2, 0.25) is 0 Å². The van der Waals surface area contributed by atoms with Crippen molar-refractivity contribution in [3.8, 4) is 0 Å². The lowest BCUT2D eigenvalue weighted by molar-refractivity contribution is 0.299. The number of rotatable bonds is 5. The van der Waals surface area contributed by atoms with Crippen molar-refractivity contribution in [1.29, 1.82) is 0 Å². The van der Waals surface area contributed by atoms with E-state index in [0.29, 0.717) is 6.04 Å². The Bertz CT molecular complexity index is 665. The number of nitrogens with zero attached hydrogens (tertiary/aromatic N) is 3. The Morgan fingerprint density at radius 3 is 2.74 bits per heavy atom. The summed E-state index contributed by atoms with van der Waals surface area (Å²) in [5, 5.41) is 4.31. The summed E-state index contributed by atoms with van der Waals surface area (Å²) in [6.45, 7) is 7.56. The molecule has 1 N–H and O–H groups in total. The minimum Gasteiger partial charge on any atom is -0.352 e. The Kier molecular flexibility index (Phi) is 4.66. The lowest BCUT2D eigenvalue weighted by Crippen LogP contribution is -2.31. The lowest BCUT2D eigenvalue weighted by Gasteiger charge is -2.29. The maximum absolute atomic E-state index is 5.62. The Morgan fingerprint density at radius 1 is 1.26 bits per heavy atom. The minimum atomic E-state index is 0.0858. The highest BCUT2D eigenvalue weighted by molar-refractivity contribution is 7.80. The van der Waals surface area contributed by atoms with E-state index in [1.165, 1.54) is 5.69 Å². The van der Waals surface area contributed by atoms with Crippen LogP contribution in [0.3, 0.4) is 0 Å². The smallest absolute Gasteiger partial charge is 0.170 e. The second-order valence-corrected chi connectivity index (χ2v) is 6.64. The van der Waals surface area contributed by atoms with Gasteiger partial charge in [-0.2, -0.15) is 0 Å². The van der Waals surface area contributed by atoms with E-state index in [9.17, 15) is 0 Å². The van der Waals surface area contributed by atoms with Gasteiger partial charge in [0.05, 0.1) is 17.8 Å². The normalized spacial score (nSPS) is 21.0. The summed E-state index contributed by atoms with van der Waals surface area (Å²) in [5.41, 5.74) is 2.33. The van der Waals surface area contributed by atoms with E-state index in [2.05, 4.69) is 64.9 Å². The van der Waals surface area contributed by atoms with Gasteiger partial charge >= 0.3 is 0 Å². The third kappa shape index (κ3) is 2.98. The third-order valence-electron chi connectivity index (χ3n) is 4.33. The van der Waals surface area contributed by atoms with Crippen molar-refractivity contribution in [3.05, 3.63) is 54.1 Å². The summed E-state index contributed by atoms with van der Waals surface area (Å²) < 4.78 is 2.33. The molecular weight excluding hydrogens is 304 g/mol. The van der Waals surface area contributed by atoms with Crippen LogP contribution in [0.25, 0.3) is 0 Å². The molecular formula is C18H24N4S. The molecule has 0 bridgehead atoms. The highest BCUT2D eigenvalue weighted by Crippen LogP contribution is 2.39. The van der Waals surface area contributed by atoms with E-state index in [-0.39, 0.29) is 12.1 Å². The molecule has 0 spiro atoms. The second-order valence-electron chi connectivity index (χ2n) is 6.25. The van der Waals surface area contributed by atoms with Gasteiger partial charge in [-0.3, -0.25) is 4.98 Å². The highest BCUT2D eigenvalue weighted by Gasteiger charge is 2.40. The van der Waals surface area contributed by atoms with Gasteiger partial charge in [0.1, 0.15) is 0 Å². The standard InChI is InChI=1S/C18H24N4S/c1-4-11-22-17(15-9-7-12-21(15)13(2)3)16(20-18(22)23)14-8-5-6-10-19-14/h5-10,12-13,16-17H,4,11H2,1-3H3,(H,20,23). The van der Waals surface area contributed by atoms with Crippen molar-refractivity contribution in [2.75, 3.05) is 6.54 Å². The zero-order valence-electron chi connectivity index (χ0n) is 13.9. The van der Waals surface area contributed by atoms with Crippen molar-refractivity contribution in [3.63, 3.8) is 0 Å². The Morgan fingerprint density at radius 2 is 2.09 bits per heavy atom. The monoisotopic (exact) mass is 328 g/mol. The van der Waals surface area contributed by atoms with Crippen molar-refractivity contribution in [2.24, 2.45) is 0 Å². The number of pyridine rings is 1. The van der Waals surface area contributed by atoms with Gasteiger partial charge in [0, 0.05) is 30.7 Å². The summed E-state index contributed by atoms with van der Waals surface area (Å²) in [6, 6.07) is 11.1. The van der Waals surface area contributed by atoms with Crippen molar-refractivity contribution in [2.45, 2.75) is 45.3 Å². The fraction of sp³-hybridized carbons (Fsp3) is 0.444. The number of hydrogen-bond donors (Lipinski definition) is 1. The van der Waals surface area contributed by atoms with Crippen LogP contribution in [0.4, 0.5) is 0 Å². The molecule has 0 amide bonds. The van der Waals surface area contributed by atoms with Crippen LogP contribution >= 0.6 is 12.2 Å². The van der Waals surface area contributed by atoms with Crippen LogP contribution < -0.4 is 5.32 Å². The number of hydrogen-bond acceptors (Lipinski definition) is 2. The second kappa shape index (κ2) is 6.71. The van der Waals surface area contributed by atoms with Crippen LogP contribution in [-0.4, -0.2) is 26.1 Å². The predicted molar refractivity (Wildman–Crippen MR) is 97.3 cm³/mol. The number of nitrogens with one attached hydrogen (secondary N) is 1. The SMILES string of the molecule is CCCN1C(=S)NC(c2ccccn2)C1c1cccn1C(C)C. The molecule has 1 saturated heterocycles. The molecule has 3 rings (SSSR count). The van der Waals surface area contributed by atoms with Gasteiger partial charge < -0.3 is 14.8 Å².